The van der Waals surface area contributed by atoms with Gasteiger partial charge in [0, 0.05) is 16.7 Å². The molecule has 1 aliphatic rings. The van der Waals surface area contributed by atoms with E-state index in [1.165, 1.54) is 22.0 Å². The van der Waals surface area contributed by atoms with Crippen molar-refractivity contribution in [2.24, 2.45) is 0 Å². The van der Waals surface area contributed by atoms with Gasteiger partial charge < -0.3 is 5.32 Å². The summed E-state index contributed by atoms with van der Waals surface area (Å²) in [7, 11) is 0. The molecular weight excluding hydrogens is 278 g/mol. The molecule has 2 N–H and O–H groups in total. The van der Waals surface area contributed by atoms with E-state index in [-0.39, 0.29) is 0 Å². The van der Waals surface area contributed by atoms with Crippen LogP contribution in [0.4, 0.5) is 5.69 Å². The van der Waals surface area contributed by atoms with Gasteiger partial charge in [-0.15, -0.1) is 0 Å². The summed E-state index contributed by atoms with van der Waals surface area (Å²) in [6.45, 7) is 0. The Morgan fingerprint density at radius 1 is 1.35 bits per heavy atom. The fourth-order valence-electron chi connectivity index (χ4n) is 2.41. The predicted molar refractivity (Wildman–Crippen MR) is 72.2 cm³/mol. The molecule has 2 aromatic rings. The van der Waals surface area contributed by atoms with Crippen molar-refractivity contribution in [1.29, 1.82) is 0 Å². The highest BCUT2D eigenvalue weighted by atomic mass is 79.9. The van der Waals surface area contributed by atoms with Crippen LogP contribution < -0.4 is 5.32 Å². The molecule has 1 aliphatic carbocycles. The molecule has 0 fully saturated rings. The van der Waals surface area contributed by atoms with Crippen molar-refractivity contribution in [2.75, 3.05) is 5.32 Å². The molecule has 0 saturated heterocycles. The monoisotopic (exact) mass is 291 g/mol. The van der Waals surface area contributed by atoms with Gasteiger partial charge in [0.1, 0.15) is 0 Å². The minimum atomic E-state index is 0.515. The minimum absolute atomic E-state index is 0.515. The van der Waals surface area contributed by atoms with Crippen LogP contribution in [0.2, 0.25) is 0 Å². The lowest BCUT2D eigenvalue weighted by Gasteiger charge is -2.25. The van der Waals surface area contributed by atoms with E-state index >= 15 is 0 Å². The summed E-state index contributed by atoms with van der Waals surface area (Å²) in [6.07, 6.45) is 7.14. The van der Waals surface area contributed by atoms with Gasteiger partial charge in [0.2, 0.25) is 0 Å². The van der Waals surface area contributed by atoms with Gasteiger partial charge in [-0.2, -0.15) is 5.10 Å². The maximum Gasteiger partial charge on any atom is 0.0726 e. The van der Waals surface area contributed by atoms with E-state index in [1.54, 1.807) is 0 Å². The van der Waals surface area contributed by atoms with E-state index in [9.17, 15) is 0 Å². The van der Waals surface area contributed by atoms with Crippen molar-refractivity contribution in [3.05, 3.63) is 46.2 Å². The van der Waals surface area contributed by atoms with Gasteiger partial charge in [0.25, 0.3) is 0 Å². The Labute approximate surface area is 109 Å². The molecule has 0 bridgehead atoms. The van der Waals surface area contributed by atoms with Crippen LogP contribution in [0.3, 0.4) is 0 Å². The molecule has 1 aromatic heterocycles. The third kappa shape index (κ3) is 2.36. The van der Waals surface area contributed by atoms with Crippen LogP contribution in [0.15, 0.2) is 35.1 Å². The van der Waals surface area contributed by atoms with Crippen molar-refractivity contribution >= 4 is 21.6 Å². The van der Waals surface area contributed by atoms with Crippen LogP contribution in [0, 0.1) is 0 Å². The Hall–Kier alpha value is -1.29. The highest BCUT2D eigenvalue weighted by Crippen LogP contribution is 2.26. The van der Waals surface area contributed by atoms with Gasteiger partial charge >= 0.3 is 0 Å². The van der Waals surface area contributed by atoms with E-state index in [0.29, 0.717) is 6.04 Å². The number of aromatic amines is 1. The molecule has 1 unspecified atom stereocenters. The maximum atomic E-state index is 3.95. The van der Waals surface area contributed by atoms with Gasteiger partial charge in [0.05, 0.1) is 11.9 Å². The fraction of sp³-hybridized carbons (Fsp3) is 0.308. The molecule has 88 valence electrons. The van der Waals surface area contributed by atoms with Gasteiger partial charge in [-0.25, -0.2) is 0 Å². The number of rotatable bonds is 2. The topological polar surface area (TPSA) is 40.7 Å². The molecule has 1 heterocycles. The van der Waals surface area contributed by atoms with Gasteiger partial charge in [-0.05, 0) is 42.5 Å². The molecular formula is C13H14BrN3. The zero-order valence-electron chi connectivity index (χ0n) is 9.41. The highest BCUT2D eigenvalue weighted by molar-refractivity contribution is 9.10. The smallest absolute Gasteiger partial charge is 0.0726 e. The summed E-state index contributed by atoms with van der Waals surface area (Å²) in [6, 6.07) is 7.10. The number of anilines is 1. The second-order valence-electron chi connectivity index (χ2n) is 4.48. The number of H-pyrrole nitrogens is 1. The highest BCUT2D eigenvalue weighted by Gasteiger charge is 2.18. The van der Waals surface area contributed by atoms with E-state index in [0.717, 1.165) is 18.5 Å². The molecule has 4 heteroatoms. The van der Waals surface area contributed by atoms with E-state index in [2.05, 4.69) is 49.6 Å². The zero-order valence-corrected chi connectivity index (χ0v) is 11.0. The average molecular weight is 292 g/mol. The number of hydrogen-bond acceptors (Lipinski definition) is 2. The van der Waals surface area contributed by atoms with E-state index < -0.39 is 0 Å². The van der Waals surface area contributed by atoms with Crippen molar-refractivity contribution in [2.45, 2.75) is 25.3 Å². The van der Waals surface area contributed by atoms with Crippen molar-refractivity contribution < 1.29 is 0 Å². The van der Waals surface area contributed by atoms with Gasteiger partial charge in [-0.1, -0.05) is 22.0 Å². The lowest BCUT2D eigenvalue weighted by atomic mass is 9.88. The van der Waals surface area contributed by atoms with Gasteiger partial charge in [-0.3, -0.25) is 5.10 Å². The summed E-state index contributed by atoms with van der Waals surface area (Å²) in [5, 5.41) is 10.3. The Morgan fingerprint density at radius 2 is 2.29 bits per heavy atom. The number of halogens is 1. The minimum Gasteiger partial charge on any atom is -0.379 e. The van der Waals surface area contributed by atoms with Crippen LogP contribution in [-0.4, -0.2) is 16.2 Å². The number of nitrogens with one attached hydrogen (secondary N) is 2. The fourth-order valence-corrected chi connectivity index (χ4v) is 2.82. The molecule has 1 aromatic carbocycles. The second-order valence-corrected chi connectivity index (χ2v) is 5.40. The van der Waals surface area contributed by atoms with Crippen LogP contribution in [-0.2, 0) is 12.8 Å². The average Bonchev–Trinajstić information content (AvgIpc) is 2.82. The number of aromatic nitrogens is 2. The summed E-state index contributed by atoms with van der Waals surface area (Å²) in [5.74, 6) is 0. The van der Waals surface area contributed by atoms with Crippen LogP contribution in [0.5, 0.6) is 0 Å². The van der Waals surface area contributed by atoms with Crippen molar-refractivity contribution in [1.82, 2.24) is 10.2 Å². The predicted octanol–water partition coefficient (Wildman–Crippen LogP) is 3.14. The molecule has 1 atom stereocenters. The van der Waals surface area contributed by atoms with Crippen LogP contribution in [0.1, 0.15) is 17.5 Å². The van der Waals surface area contributed by atoms with Crippen molar-refractivity contribution in [3.63, 3.8) is 0 Å². The normalized spacial score (nSPS) is 18.8. The first-order valence-corrected chi connectivity index (χ1v) is 6.63. The maximum absolute atomic E-state index is 3.95. The molecule has 17 heavy (non-hydrogen) atoms. The molecule has 0 saturated carbocycles. The lowest BCUT2D eigenvalue weighted by Crippen LogP contribution is -2.27. The summed E-state index contributed by atoms with van der Waals surface area (Å²) in [5.41, 5.74) is 4.01. The largest absolute Gasteiger partial charge is 0.379 e. The number of aryl methyl sites for hydroxylation is 1. The summed E-state index contributed by atoms with van der Waals surface area (Å²) in [4.78, 5) is 0. The zero-order chi connectivity index (χ0) is 11.7. The number of fused-ring (bicyclic) bond motifs is 1. The summed E-state index contributed by atoms with van der Waals surface area (Å²) >= 11 is 3.53. The van der Waals surface area contributed by atoms with E-state index in [1.807, 2.05) is 12.4 Å². The van der Waals surface area contributed by atoms with Crippen molar-refractivity contribution in [3.8, 4) is 0 Å². The molecule has 3 rings (SSSR count). The first-order valence-electron chi connectivity index (χ1n) is 5.84. The number of benzene rings is 1. The first kappa shape index (κ1) is 10.8. The Morgan fingerprint density at radius 3 is 3.12 bits per heavy atom. The molecule has 0 radical (unpaired) electrons. The third-order valence-electron chi connectivity index (χ3n) is 3.27. The Balaban J connectivity index is 1.74. The first-order chi connectivity index (χ1) is 8.31. The van der Waals surface area contributed by atoms with Crippen LogP contribution in [0.25, 0.3) is 0 Å². The Kier molecular flexibility index (Phi) is 2.89. The van der Waals surface area contributed by atoms with Gasteiger partial charge in [0.15, 0.2) is 0 Å². The quantitative estimate of drug-likeness (QED) is 0.892. The lowest BCUT2D eigenvalue weighted by molar-refractivity contribution is 0.611. The molecule has 3 nitrogen and oxygen atoms in total. The molecule has 0 amide bonds. The van der Waals surface area contributed by atoms with Crippen LogP contribution >= 0.6 is 15.9 Å². The SMILES string of the molecule is Brc1ccc2c(c1)CCC(Nc1cn[nH]c1)C2. The number of hydrogen-bond donors (Lipinski definition) is 2. The molecule has 0 aliphatic heterocycles. The Bertz CT molecular complexity index is 507. The standard InChI is InChI=1S/C13H14BrN3/c14-11-3-1-10-6-12(4-2-9(10)5-11)17-13-7-15-16-8-13/h1,3,5,7-8,12,17H,2,4,6H2,(H,15,16). The third-order valence-corrected chi connectivity index (χ3v) is 3.76. The van der Waals surface area contributed by atoms with E-state index in [4.69, 9.17) is 0 Å². The number of nitrogens with zero attached hydrogens (tertiary/aromatic N) is 1. The second kappa shape index (κ2) is 4.53. The molecule has 0 spiro atoms. The summed E-state index contributed by atoms with van der Waals surface area (Å²) < 4.78 is 1.18.